The third kappa shape index (κ3) is 2.93. The number of hydrogen-bond acceptors (Lipinski definition) is 5. The highest BCUT2D eigenvalue weighted by molar-refractivity contribution is 5.95. The van der Waals surface area contributed by atoms with Crippen LogP contribution in [0.15, 0.2) is 71.3 Å². The molecule has 2 aromatic carbocycles. The summed E-state index contributed by atoms with van der Waals surface area (Å²) in [4.78, 5) is 24.0. The van der Waals surface area contributed by atoms with Crippen LogP contribution in [0.3, 0.4) is 0 Å². The molecule has 138 valence electrons. The molecule has 1 fully saturated rings. The molecule has 3 heterocycles. The van der Waals surface area contributed by atoms with Crippen molar-refractivity contribution in [3.05, 3.63) is 78.3 Å². The van der Waals surface area contributed by atoms with E-state index >= 15 is 0 Å². The predicted molar refractivity (Wildman–Crippen MR) is 104 cm³/mol. The topological polar surface area (TPSA) is 72.1 Å². The maximum atomic E-state index is 13.1. The molecule has 28 heavy (non-hydrogen) atoms. The third-order valence-corrected chi connectivity index (χ3v) is 5.09. The van der Waals surface area contributed by atoms with E-state index in [-0.39, 0.29) is 11.9 Å². The Kier molecular flexibility index (Phi) is 4.09. The van der Waals surface area contributed by atoms with Gasteiger partial charge in [0.1, 0.15) is 11.7 Å². The van der Waals surface area contributed by atoms with Gasteiger partial charge < -0.3 is 9.42 Å². The summed E-state index contributed by atoms with van der Waals surface area (Å²) in [7, 11) is 0. The first kappa shape index (κ1) is 16.6. The molecule has 5 rings (SSSR count). The van der Waals surface area contributed by atoms with Gasteiger partial charge in [-0.1, -0.05) is 59.8 Å². The first-order valence-electron chi connectivity index (χ1n) is 9.35. The minimum Gasteiger partial charge on any atom is -0.337 e. The molecule has 1 amide bonds. The molecule has 1 saturated heterocycles. The van der Waals surface area contributed by atoms with Gasteiger partial charge in [-0.3, -0.25) is 4.79 Å². The van der Waals surface area contributed by atoms with Gasteiger partial charge >= 0.3 is 0 Å². The van der Waals surface area contributed by atoms with Crippen molar-refractivity contribution in [2.24, 2.45) is 0 Å². The van der Waals surface area contributed by atoms with Gasteiger partial charge in [0.25, 0.3) is 5.91 Å². The second-order valence-electron chi connectivity index (χ2n) is 6.87. The Labute approximate surface area is 161 Å². The average molecular weight is 370 g/mol. The summed E-state index contributed by atoms with van der Waals surface area (Å²) in [6, 6.07) is 21.0. The van der Waals surface area contributed by atoms with Crippen molar-refractivity contribution in [3.8, 4) is 11.4 Å². The predicted octanol–water partition coefficient (Wildman–Crippen LogP) is 4.26. The van der Waals surface area contributed by atoms with E-state index in [0.29, 0.717) is 24.0 Å². The maximum Gasteiger partial charge on any atom is 0.273 e. The molecule has 0 radical (unpaired) electrons. The Hall–Kier alpha value is -3.54. The number of pyridine rings is 1. The van der Waals surface area contributed by atoms with Crippen LogP contribution in [0.2, 0.25) is 0 Å². The molecule has 0 spiro atoms. The van der Waals surface area contributed by atoms with Gasteiger partial charge in [-0.25, -0.2) is 4.98 Å². The normalized spacial score (nSPS) is 16.6. The fourth-order valence-electron chi connectivity index (χ4n) is 3.67. The van der Waals surface area contributed by atoms with E-state index in [2.05, 4.69) is 15.1 Å². The molecule has 6 heteroatoms. The number of carbonyl (C=O) groups excluding carboxylic acids is 1. The summed E-state index contributed by atoms with van der Waals surface area (Å²) in [6.45, 7) is 0.654. The molecule has 2 aromatic heterocycles. The van der Waals surface area contributed by atoms with Crippen molar-refractivity contribution in [3.63, 3.8) is 0 Å². The summed E-state index contributed by atoms with van der Waals surface area (Å²) < 4.78 is 5.51. The smallest absolute Gasteiger partial charge is 0.273 e. The van der Waals surface area contributed by atoms with E-state index < -0.39 is 0 Å². The molecule has 1 aliphatic heterocycles. The minimum atomic E-state index is -0.217. The molecule has 0 saturated carbocycles. The number of benzene rings is 2. The summed E-state index contributed by atoms with van der Waals surface area (Å²) in [5.41, 5.74) is 2.14. The molecular formula is C22H18N4O2. The molecule has 0 unspecified atom stereocenters. The van der Waals surface area contributed by atoms with Crippen molar-refractivity contribution < 1.29 is 9.32 Å². The molecule has 6 nitrogen and oxygen atoms in total. The highest BCUT2D eigenvalue weighted by atomic mass is 16.5. The Bertz CT molecular complexity index is 1140. The first-order chi connectivity index (χ1) is 13.8. The van der Waals surface area contributed by atoms with E-state index in [1.165, 1.54) is 0 Å². The van der Waals surface area contributed by atoms with Crippen molar-refractivity contribution in [2.45, 2.75) is 18.9 Å². The second kappa shape index (κ2) is 6.88. The molecule has 1 aliphatic rings. The van der Waals surface area contributed by atoms with Crippen LogP contribution < -0.4 is 0 Å². The summed E-state index contributed by atoms with van der Waals surface area (Å²) in [5, 5.41) is 5.11. The van der Waals surface area contributed by atoms with Crippen molar-refractivity contribution in [2.75, 3.05) is 6.54 Å². The standard InChI is InChI=1S/C22H18N4O2/c27-22(18-13-12-15-7-4-5-10-17(15)23-18)26-14-6-11-19(26)21-24-20(25-28-21)16-8-2-1-3-9-16/h1-5,7-10,12-13,19H,6,11,14H2/t19-/m1/s1. The van der Waals surface area contributed by atoms with Crippen molar-refractivity contribution in [1.82, 2.24) is 20.0 Å². The van der Waals surface area contributed by atoms with Gasteiger partial charge in [0.05, 0.1) is 5.52 Å². The number of amides is 1. The van der Waals surface area contributed by atoms with Crippen LogP contribution in [-0.2, 0) is 0 Å². The first-order valence-corrected chi connectivity index (χ1v) is 9.35. The van der Waals surface area contributed by atoms with Gasteiger partial charge in [0, 0.05) is 17.5 Å². The Morgan fingerprint density at radius 3 is 2.68 bits per heavy atom. The van der Waals surface area contributed by atoms with Crippen LogP contribution in [-0.4, -0.2) is 32.5 Å². The van der Waals surface area contributed by atoms with Gasteiger partial charge in [-0.15, -0.1) is 0 Å². The number of aromatic nitrogens is 3. The molecule has 0 N–H and O–H groups in total. The number of likely N-dealkylation sites (tertiary alicyclic amines) is 1. The molecule has 0 bridgehead atoms. The second-order valence-corrected chi connectivity index (χ2v) is 6.87. The lowest BCUT2D eigenvalue weighted by atomic mass is 10.2. The Balaban J connectivity index is 1.43. The Morgan fingerprint density at radius 2 is 1.79 bits per heavy atom. The largest absolute Gasteiger partial charge is 0.337 e. The molecule has 1 atom stereocenters. The zero-order valence-electron chi connectivity index (χ0n) is 15.2. The van der Waals surface area contributed by atoms with E-state index in [9.17, 15) is 4.79 Å². The minimum absolute atomic E-state index is 0.104. The lowest BCUT2D eigenvalue weighted by Crippen LogP contribution is -2.31. The average Bonchev–Trinajstić information content (AvgIpc) is 3.43. The molecule has 4 aromatic rings. The number of fused-ring (bicyclic) bond motifs is 1. The number of rotatable bonds is 3. The van der Waals surface area contributed by atoms with Gasteiger partial charge in [-0.05, 0) is 25.0 Å². The fraction of sp³-hybridized carbons (Fsp3) is 0.182. The van der Waals surface area contributed by atoms with E-state index in [0.717, 1.165) is 29.3 Å². The highest BCUT2D eigenvalue weighted by Gasteiger charge is 2.35. The zero-order chi connectivity index (χ0) is 18.9. The number of para-hydroxylation sites is 1. The lowest BCUT2D eigenvalue weighted by Gasteiger charge is -2.21. The number of nitrogens with zero attached hydrogens (tertiary/aromatic N) is 4. The lowest BCUT2D eigenvalue weighted by molar-refractivity contribution is 0.0704. The highest BCUT2D eigenvalue weighted by Crippen LogP contribution is 2.33. The molecule has 0 aliphatic carbocycles. The third-order valence-electron chi connectivity index (χ3n) is 5.09. The monoisotopic (exact) mass is 370 g/mol. The number of hydrogen-bond donors (Lipinski definition) is 0. The summed E-state index contributed by atoms with van der Waals surface area (Å²) in [5.74, 6) is 0.914. The van der Waals surface area contributed by atoms with Gasteiger partial charge in [0.15, 0.2) is 0 Å². The van der Waals surface area contributed by atoms with Crippen LogP contribution >= 0.6 is 0 Å². The van der Waals surface area contributed by atoms with E-state index in [1.807, 2.05) is 60.7 Å². The van der Waals surface area contributed by atoms with E-state index in [1.54, 1.807) is 11.0 Å². The van der Waals surface area contributed by atoms with Crippen molar-refractivity contribution in [1.29, 1.82) is 0 Å². The number of carbonyl (C=O) groups is 1. The van der Waals surface area contributed by atoms with Crippen LogP contribution in [0, 0.1) is 0 Å². The maximum absolute atomic E-state index is 13.1. The van der Waals surface area contributed by atoms with Crippen LogP contribution in [0.4, 0.5) is 0 Å². The molecular weight excluding hydrogens is 352 g/mol. The van der Waals surface area contributed by atoms with Crippen LogP contribution in [0.25, 0.3) is 22.3 Å². The Morgan fingerprint density at radius 1 is 0.964 bits per heavy atom. The quantitative estimate of drug-likeness (QED) is 0.539. The fourth-order valence-corrected chi connectivity index (χ4v) is 3.67. The van der Waals surface area contributed by atoms with Crippen LogP contribution in [0.1, 0.15) is 35.3 Å². The summed E-state index contributed by atoms with van der Waals surface area (Å²) >= 11 is 0. The zero-order valence-corrected chi connectivity index (χ0v) is 15.2. The summed E-state index contributed by atoms with van der Waals surface area (Å²) in [6.07, 6.45) is 1.70. The van der Waals surface area contributed by atoms with Crippen molar-refractivity contribution >= 4 is 16.8 Å². The van der Waals surface area contributed by atoms with E-state index in [4.69, 9.17) is 4.52 Å². The van der Waals surface area contributed by atoms with Gasteiger partial charge in [0.2, 0.25) is 11.7 Å². The SMILES string of the molecule is O=C(c1ccc2ccccc2n1)N1CCC[C@@H]1c1nc(-c2ccccc2)no1. The van der Waals surface area contributed by atoms with Gasteiger partial charge in [-0.2, -0.15) is 4.98 Å². The van der Waals surface area contributed by atoms with Crippen LogP contribution in [0.5, 0.6) is 0 Å².